The lowest BCUT2D eigenvalue weighted by Crippen LogP contribution is -2.51. The minimum absolute atomic E-state index is 0.206. The van der Waals surface area contributed by atoms with Crippen molar-refractivity contribution in [2.45, 2.75) is 88.2 Å². The summed E-state index contributed by atoms with van der Waals surface area (Å²) >= 11 is 0. The van der Waals surface area contributed by atoms with Gasteiger partial charge in [0.1, 0.15) is 6.23 Å². The number of carbonyl (C=O) groups excluding carboxylic acids is 2. The normalized spacial score (nSPS) is 41.3. The second-order valence-corrected chi connectivity index (χ2v) is 8.78. The van der Waals surface area contributed by atoms with Crippen molar-refractivity contribution >= 4 is 11.8 Å². The number of hydrogen-bond donors (Lipinski definition) is 3. The van der Waals surface area contributed by atoms with Crippen LogP contribution in [0.2, 0.25) is 0 Å². The van der Waals surface area contributed by atoms with E-state index in [0.717, 1.165) is 38.5 Å². The molecule has 0 radical (unpaired) electrons. The monoisotopic (exact) mass is 364 g/mol. The van der Waals surface area contributed by atoms with Gasteiger partial charge in [-0.05, 0) is 56.8 Å². The van der Waals surface area contributed by atoms with Crippen molar-refractivity contribution in [3.05, 3.63) is 0 Å². The number of nitrogens with two attached hydrogens (primary N) is 2. The van der Waals surface area contributed by atoms with Crippen LogP contribution in [0.25, 0.3) is 0 Å². The maximum atomic E-state index is 11.9. The zero-order valence-corrected chi connectivity index (χ0v) is 15.4. The molecule has 146 valence electrons. The number of hydrogen-bond acceptors (Lipinski definition) is 5. The topological polar surface area (TPSA) is 113 Å². The van der Waals surface area contributed by atoms with Crippen LogP contribution >= 0.6 is 0 Å². The number of likely N-dealkylation sites (tertiary alicyclic amines) is 2. The molecular weight excluding hydrogens is 332 g/mol. The Bertz CT molecular complexity index is 571. The molecule has 2 amide bonds. The molecular formula is C19H32N4O3. The first kappa shape index (κ1) is 18.2. The van der Waals surface area contributed by atoms with Gasteiger partial charge in [0.05, 0.1) is 12.1 Å². The summed E-state index contributed by atoms with van der Waals surface area (Å²) in [6.45, 7) is 0.648. The van der Waals surface area contributed by atoms with Crippen LogP contribution < -0.4 is 11.5 Å². The Kier molecular flexibility index (Phi) is 4.96. The lowest BCUT2D eigenvalue weighted by Gasteiger charge is -2.35. The summed E-state index contributed by atoms with van der Waals surface area (Å²) in [4.78, 5) is 28.0. The van der Waals surface area contributed by atoms with Gasteiger partial charge in [0.2, 0.25) is 11.8 Å². The molecule has 4 aliphatic rings. The van der Waals surface area contributed by atoms with Gasteiger partial charge in [-0.1, -0.05) is 12.8 Å². The predicted molar refractivity (Wildman–Crippen MR) is 96.6 cm³/mol. The molecule has 2 saturated carbocycles. The summed E-state index contributed by atoms with van der Waals surface area (Å²) in [5.74, 6) is 0.465. The summed E-state index contributed by atoms with van der Waals surface area (Å²) < 4.78 is 0. The molecule has 0 aromatic heterocycles. The number of primary amides is 2. The minimum Gasteiger partial charge on any atom is -0.378 e. The quantitative estimate of drug-likeness (QED) is 0.621. The van der Waals surface area contributed by atoms with E-state index in [9.17, 15) is 14.7 Å². The smallest absolute Gasteiger partial charge is 0.234 e. The van der Waals surface area contributed by atoms with Crippen molar-refractivity contribution in [2.75, 3.05) is 6.54 Å². The van der Waals surface area contributed by atoms with E-state index in [1.807, 2.05) is 4.90 Å². The Morgan fingerprint density at radius 3 is 2.15 bits per heavy atom. The van der Waals surface area contributed by atoms with E-state index in [-0.39, 0.29) is 29.9 Å². The lowest BCUT2D eigenvalue weighted by molar-refractivity contribution is -0.128. The van der Waals surface area contributed by atoms with Crippen LogP contribution in [0.15, 0.2) is 0 Å². The van der Waals surface area contributed by atoms with E-state index in [4.69, 9.17) is 11.5 Å². The van der Waals surface area contributed by atoms with Gasteiger partial charge in [-0.25, -0.2) is 0 Å². The van der Waals surface area contributed by atoms with Gasteiger partial charge < -0.3 is 16.6 Å². The van der Waals surface area contributed by atoms with Crippen molar-refractivity contribution in [2.24, 2.45) is 23.3 Å². The fourth-order valence-corrected chi connectivity index (χ4v) is 6.41. The first-order valence-corrected chi connectivity index (χ1v) is 10.3. The van der Waals surface area contributed by atoms with Crippen molar-refractivity contribution in [1.29, 1.82) is 0 Å². The third-order valence-electron chi connectivity index (χ3n) is 7.51. The highest BCUT2D eigenvalue weighted by Gasteiger charge is 2.49. The second-order valence-electron chi connectivity index (χ2n) is 8.78. The maximum absolute atomic E-state index is 11.9. The molecule has 0 aromatic rings. The molecule has 2 saturated heterocycles. The van der Waals surface area contributed by atoms with Crippen molar-refractivity contribution < 1.29 is 14.7 Å². The van der Waals surface area contributed by atoms with Crippen LogP contribution in [0, 0.1) is 11.8 Å². The molecule has 1 unspecified atom stereocenters. The number of nitrogens with zero attached hydrogens (tertiary/aromatic N) is 2. The van der Waals surface area contributed by atoms with Gasteiger partial charge >= 0.3 is 0 Å². The molecule has 5 N–H and O–H groups in total. The number of aliphatic hydroxyl groups excluding tert-OH is 1. The van der Waals surface area contributed by atoms with Crippen LogP contribution in [0.3, 0.4) is 0 Å². The van der Waals surface area contributed by atoms with Crippen molar-refractivity contribution in [1.82, 2.24) is 9.80 Å². The fourth-order valence-electron chi connectivity index (χ4n) is 6.41. The van der Waals surface area contributed by atoms with Crippen LogP contribution in [0.4, 0.5) is 0 Å². The van der Waals surface area contributed by atoms with E-state index in [1.165, 1.54) is 12.8 Å². The third-order valence-corrected chi connectivity index (χ3v) is 7.51. The average Bonchev–Trinajstić information content (AvgIpc) is 3.31. The average molecular weight is 364 g/mol. The standard InChI is InChI=1S/C19H32N4O3/c20-18(25)15-9-11-3-1-5-13(11)22(15)8-7-17(24)23-14-6-2-4-12(14)10-16(23)19(21)26/h11-17,24H,1-10H2,(H2,20,25)(H2,21,26)/t11-,12-,13-,14-,15-,16-,17?/m1/s1. The Hall–Kier alpha value is -1.18. The van der Waals surface area contributed by atoms with Crippen molar-refractivity contribution in [3.8, 4) is 0 Å². The molecule has 7 heteroatoms. The molecule has 2 heterocycles. The Morgan fingerprint density at radius 2 is 1.50 bits per heavy atom. The third kappa shape index (κ3) is 3.04. The number of rotatable bonds is 6. The maximum Gasteiger partial charge on any atom is 0.234 e. The highest BCUT2D eigenvalue weighted by Crippen LogP contribution is 2.43. The van der Waals surface area contributed by atoms with E-state index >= 15 is 0 Å². The van der Waals surface area contributed by atoms with E-state index < -0.39 is 6.23 Å². The van der Waals surface area contributed by atoms with Crippen LogP contribution in [0.5, 0.6) is 0 Å². The number of fused-ring (bicyclic) bond motifs is 2. The van der Waals surface area contributed by atoms with Crippen molar-refractivity contribution in [3.63, 3.8) is 0 Å². The Balaban J connectivity index is 1.43. The summed E-state index contributed by atoms with van der Waals surface area (Å²) in [7, 11) is 0. The fraction of sp³-hybridized carbons (Fsp3) is 0.895. The molecule has 26 heavy (non-hydrogen) atoms. The highest BCUT2D eigenvalue weighted by atomic mass is 16.3. The van der Waals surface area contributed by atoms with Gasteiger partial charge in [0.25, 0.3) is 0 Å². The van der Waals surface area contributed by atoms with E-state index in [0.29, 0.717) is 30.8 Å². The van der Waals surface area contributed by atoms with Gasteiger partial charge in [-0.15, -0.1) is 0 Å². The molecule has 0 aromatic carbocycles. The molecule has 0 bridgehead atoms. The summed E-state index contributed by atoms with van der Waals surface area (Å²) in [5.41, 5.74) is 11.3. The Labute approximate surface area is 155 Å². The largest absolute Gasteiger partial charge is 0.378 e. The first-order chi connectivity index (χ1) is 12.5. The molecule has 7 atom stereocenters. The molecule has 7 nitrogen and oxygen atoms in total. The number of amides is 2. The summed E-state index contributed by atoms with van der Waals surface area (Å²) in [6, 6.07) is 0.129. The highest BCUT2D eigenvalue weighted by molar-refractivity contribution is 5.80. The number of carbonyl (C=O) groups is 2. The SMILES string of the molecule is NC(=O)[C@H]1C[C@H]2CCC[C@H]2N1CCC(O)N1[C@@H](C(N)=O)C[C@H]2CCC[C@H]21. The zero-order valence-electron chi connectivity index (χ0n) is 15.4. The van der Waals surface area contributed by atoms with Gasteiger partial charge in [0, 0.05) is 18.6 Å². The van der Waals surface area contributed by atoms with Gasteiger partial charge in [-0.3, -0.25) is 19.4 Å². The van der Waals surface area contributed by atoms with E-state index in [1.54, 1.807) is 0 Å². The summed E-state index contributed by atoms with van der Waals surface area (Å²) in [6.07, 6.45) is 8.28. The van der Waals surface area contributed by atoms with Crippen LogP contribution in [-0.2, 0) is 9.59 Å². The van der Waals surface area contributed by atoms with Gasteiger partial charge in [0.15, 0.2) is 0 Å². The molecule has 2 aliphatic heterocycles. The predicted octanol–water partition coefficient (Wildman–Crippen LogP) is 0.152. The molecule has 0 spiro atoms. The van der Waals surface area contributed by atoms with Crippen LogP contribution in [0.1, 0.15) is 57.8 Å². The molecule has 2 aliphatic carbocycles. The van der Waals surface area contributed by atoms with E-state index in [2.05, 4.69) is 4.90 Å². The minimum atomic E-state index is -0.686. The Morgan fingerprint density at radius 1 is 0.923 bits per heavy atom. The summed E-state index contributed by atoms with van der Waals surface area (Å²) in [5, 5.41) is 10.9. The molecule has 4 rings (SSSR count). The first-order valence-electron chi connectivity index (χ1n) is 10.3. The molecule has 4 fully saturated rings. The van der Waals surface area contributed by atoms with Crippen LogP contribution in [-0.4, -0.2) is 63.7 Å². The lowest BCUT2D eigenvalue weighted by atomic mass is 10.0. The zero-order chi connectivity index (χ0) is 18.4. The number of aliphatic hydroxyl groups is 1. The van der Waals surface area contributed by atoms with Gasteiger partial charge in [-0.2, -0.15) is 0 Å². The second kappa shape index (κ2) is 7.09.